The van der Waals surface area contributed by atoms with Crippen LogP contribution in [0.15, 0.2) is 23.3 Å². The number of ether oxygens (including phenoxy) is 2. The molecule has 0 aliphatic carbocycles. The average Bonchev–Trinajstić information content (AvgIpc) is 2.63. The zero-order valence-electron chi connectivity index (χ0n) is 16.9. The van der Waals surface area contributed by atoms with Crippen LogP contribution in [-0.4, -0.2) is 50.4 Å². The van der Waals surface area contributed by atoms with E-state index >= 15 is 0 Å². The number of methoxy groups -OCH3 is 1. The van der Waals surface area contributed by atoms with E-state index < -0.39 is 11.8 Å². The minimum atomic E-state index is -0.650. The standard InChI is InChI=1S/C20H28N2O5/c1-7-10-14(21-11-8-2)18(23)16-13(20(25)27-9-3)12-15(26-6)19(24)17(16)22(4)5/h8,11-12,24H,7,9-10H2,1-6H3/p+1/b11-8-,21-14?. The Morgan fingerprint density at radius 2 is 1.96 bits per heavy atom. The number of aliphatic imine (C=N–C) groups is 1. The molecule has 0 saturated heterocycles. The highest BCUT2D eigenvalue weighted by Crippen LogP contribution is 2.38. The molecule has 0 saturated carbocycles. The molecular weight excluding hydrogens is 348 g/mol. The fourth-order valence-corrected chi connectivity index (χ4v) is 2.68. The number of hydrogen-bond acceptors (Lipinski definition) is 6. The van der Waals surface area contributed by atoms with Crippen LogP contribution in [0.5, 0.6) is 11.5 Å². The van der Waals surface area contributed by atoms with E-state index in [-0.39, 0.29) is 34.9 Å². The van der Waals surface area contributed by atoms with Gasteiger partial charge in [0.25, 0.3) is 0 Å². The number of nitrogens with one attached hydrogen (secondary N) is 1. The van der Waals surface area contributed by atoms with Crippen LogP contribution in [0.4, 0.5) is 5.69 Å². The Kier molecular flexibility index (Phi) is 8.68. The fraction of sp³-hybridized carbons (Fsp3) is 0.450. The number of benzene rings is 1. The van der Waals surface area contributed by atoms with E-state index in [0.29, 0.717) is 23.5 Å². The summed E-state index contributed by atoms with van der Waals surface area (Å²) in [5, 5.41) is 10.6. The van der Waals surface area contributed by atoms with Crippen molar-refractivity contribution in [1.82, 2.24) is 0 Å². The van der Waals surface area contributed by atoms with Crippen LogP contribution in [0.1, 0.15) is 54.3 Å². The van der Waals surface area contributed by atoms with Gasteiger partial charge in [-0.05, 0) is 26.3 Å². The summed E-state index contributed by atoms with van der Waals surface area (Å²) in [6.07, 6.45) is 4.42. The second-order valence-corrected chi connectivity index (χ2v) is 6.08. The summed E-state index contributed by atoms with van der Waals surface area (Å²) in [4.78, 5) is 30.8. The molecule has 27 heavy (non-hydrogen) atoms. The summed E-state index contributed by atoms with van der Waals surface area (Å²) < 4.78 is 10.3. The smallest absolute Gasteiger partial charge is 0.339 e. The third-order valence-corrected chi connectivity index (χ3v) is 3.84. The van der Waals surface area contributed by atoms with E-state index in [9.17, 15) is 14.7 Å². The topological polar surface area (TPSA) is 89.6 Å². The van der Waals surface area contributed by atoms with Crippen LogP contribution in [0.3, 0.4) is 0 Å². The molecule has 0 aliphatic rings. The number of Topliss-reactive ketones (excluding diaryl/α,β-unsaturated/α-hetero) is 1. The fourth-order valence-electron chi connectivity index (χ4n) is 2.68. The zero-order chi connectivity index (χ0) is 20.6. The molecule has 0 aromatic heterocycles. The van der Waals surface area contributed by atoms with Gasteiger partial charge >= 0.3 is 5.97 Å². The van der Waals surface area contributed by atoms with Crippen molar-refractivity contribution < 1.29 is 29.1 Å². The van der Waals surface area contributed by atoms with Crippen LogP contribution >= 0.6 is 0 Å². The lowest BCUT2D eigenvalue weighted by atomic mass is 9.94. The van der Waals surface area contributed by atoms with Gasteiger partial charge in [0, 0.05) is 6.20 Å². The molecule has 7 heteroatoms. The van der Waals surface area contributed by atoms with E-state index in [1.165, 1.54) is 13.2 Å². The molecule has 0 atom stereocenters. The third kappa shape index (κ3) is 5.17. The Morgan fingerprint density at radius 1 is 1.30 bits per heavy atom. The molecule has 0 aliphatic heterocycles. The number of allylic oxidation sites excluding steroid dienone is 1. The second kappa shape index (κ2) is 10.5. The first-order valence-electron chi connectivity index (χ1n) is 8.97. The van der Waals surface area contributed by atoms with Gasteiger partial charge in [-0.15, -0.1) is 0 Å². The lowest BCUT2D eigenvalue weighted by Crippen LogP contribution is -3.00. The molecule has 7 nitrogen and oxygen atoms in total. The molecule has 1 aromatic carbocycles. The molecule has 2 N–H and O–H groups in total. The molecule has 0 fully saturated rings. The quantitative estimate of drug-likeness (QED) is 0.298. The van der Waals surface area contributed by atoms with Gasteiger partial charge in [0.05, 0.1) is 39.1 Å². The predicted molar refractivity (Wildman–Crippen MR) is 105 cm³/mol. The van der Waals surface area contributed by atoms with Crippen molar-refractivity contribution in [3.63, 3.8) is 0 Å². The number of aromatic hydroxyl groups is 1. The van der Waals surface area contributed by atoms with E-state index in [2.05, 4.69) is 4.99 Å². The Balaban J connectivity index is 3.82. The summed E-state index contributed by atoms with van der Waals surface area (Å²) in [5.74, 6) is -1.14. The molecule has 0 spiro atoms. The predicted octanol–water partition coefficient (Wildman–Crippen LogP) is 2.31. The normalized spacial score (nSPS) is 11.9. The summed E-state index contributed by atoms with van der Waals surface area (Å²) in [5.41, 5.74) is 0.723. The lowest BCUT2D eigenvalue weighted by molar-refractivity contribution is -0.786. The number of nitrogens with zero attached hydrogens (tertiary/aromatic N) is 1. The van der Waals surface area contributed by atoms with Crippen LogP contribution in [0.25, 0.3) is 0 Å². The maximum atomic E-state index is 13.3. The van der Waals surface area contributed by atoms with Gasteiger partial charge < -0.3 is 19.5 Å². The Labute approximate surface area is 160 Å². The summed E-state index contributed by atoms with van der Waals surface area (Å²) in [6, 6.07) is 1.34. The molecule has 148 valence electrons. The number of carbonyl (C=O) groups excluding carboxylic acids is 2. The minimum Gasteiger partial charge on any atom is -0.500 e. The van der Waals surface area contributed by atoms with Gasteiger partial charge in [0.15, 0.2) is 11.4 Å². The SMILES string of the molecule is C/C=C\N=C(CCC)C(=O)c1c(C(=O)OCC)cc(OC)c(O)c1[NH+](C)C. The van der Waals surface area contributed by atoms with Crippen molar-refractivity contribution in [1.29, 1.82) is 0 Å². The Hall–Kier alpha value is -2.67. The summed E-state index contributed by atoms with van der Waals surface area (Å²) in [7, 11) is 4.89. The van der Waals surface area contributed by atoms with E-state index in [4.69, 9.17) is 9.47 Å². The number of rotatable bonds is 9. The van der Waals surface area contributed by atoms with Crippen molar-refractivity contribution in [3.8, 4) is 11.5 Å². The molecular formula is C20H29N2O5+. The van der Waals surface area contributed by atoms with Crippen molar-refractivity contribution in [3.05, 3.63) is 29.5 Å². The molecule has 1 rings (SSSR count). The monoisotopic (exact) mass is 377 g/mol. The number of phenols is 1. The van der Waals surface area contributed by atoms with Gasteiger partial charge in [-0.3, -0.25) is 9.79 Å². The summed E-state index contributed by atoms with van der Waals surface area (Å²) in [6.45, 7) is 5.59. The second-order valence-electron chi connectivity index (χ2n) is 6.08. The van der Waals surface area contributed by atoms with Gasteiger partial charge in [-0.25, -0.2) is 4.79 Å². The first-order chi connectivity index (χ1) is 12.8. The van der Waals surface area contributed by atoms with Crippen molar-refractivity contribution in [2.45, 2.75) is 33.6 Å². The average molecular weight is 377 g/mol. The molecule has 0 amide bonds. The first-order valence-corrected chi connectivity index (χ1v) is 8.97. The van der Waals surface area contributed by atoms with Crippen LogP contribution in [0.2, 0.25) is 0 Å². The molecule has 0 radical (unpaired) electrons. The van der Waals surface area contributed by atoms with E-state index in [1.54, 1.807) is 40.2 Å². The summed E-state index contributed by atoms with van der Waals surface area (Å²) >= 11 is 0. The molecule has 0 heterocycles. The van der Waals surface area contributed by atoms with Gasteiger partial charge in [0.2, 0.25) is 11.5 Å². The van der Waals surface area contributed by atoms with Crippen molar-refractivity contribution >= 4 is 23.2 Å². The number of hydrogen-bond donors (Lipinski definition) is 2. The largest absolute Gasteiger partial charge is 0.500 e. The van der Waals surface area contributed by atoms with E-state index in [1.807, 2.05) is 6.92 Å². The van der Waals surface area contributed by atoms with E-state index in [0.717, 1.165) is 0 Å². The lowest BCUT2D eigenvalue weighted by Gasteiger charge is -2.19. The van der Waals surface area contributed by atoms with Crippen molar-refractivity contribution in [2.24, 2.45) is 4.99 Å². The van der Waals surface area contributed by atoms with Gasteiger partial charge in [0.1, 0.15) is 5.56 Å². The highest BCUT2D eigenvalue weighted by atomic mass is 16.5. The first kappa shape index (κ1) is 22.4. The van der Waals surface area contributed by atoms with Crippen LogP contribution in [0, 0.1) is 0 Å². The zero-order valence-corrected chi connectivity index (χ0v) is 16.9. The van der Waals surface area contributed by atoms with Crippen LogP contribution in [-0.2, 0) is 4.74 Å². The molecule has 1 aromatic rings. The minimum absolute atomic E-state index is 0.0528. The number of phenolic OH excluding ortho intramolecular Hbond substituents is 1. The number of quaternary nitrogens is 1. The molecule has 0 unspecified atom stereocenters. The number of esters is 1. The van der Waals surface area contributed by atoms with Gasteiger partial charge in [-0.2, -0.15) is 0 Å². The Bertz CT molecular complexity index is 751. The highest BCUT2D eigenvalue weighted by molar-refractivity contribution is 6.48. The number of ketones is 1. The van der Waals surface area contributed by atoms with Crippen molar-refractivity contribution in [2.75, 3.05) is 27.8 Å². The maximum absolute atomic E-state index is 13.3. The van der Waals surface area contributed by atoms with Crippen LogP contribution < -0.4 is 9.64 Å². The molecule has 0 bridgehead atoms. The Morgan fingerprint density at radius 3 is 2.44 bits per heavy atom. The third-order valence-electron chi connectivity index (χ3n) is 3.84. The highest BCUT2D eigenvalue weighted by Gasteiger charge is 2.33. The number of carbonyl (C=O) groups is 2. The van der Waals surface area contributed by atoms with Gasteiger partial charge in [-0.1, -0.05) is 19.4 Å². The maximum Gasteiger partial charge on any atom is 0.339 e.